The van der Waals surface area contributed by atoms with E-state index in [9.17, 15) is 32.3 Å². The average molecular weight is 668 g/mol. The Morgan fingerprint density at radius 3 is 2.34 bits per heavy atom. The van der Waals surface area contributed by atoms with Crippen molar-refractivity contribution in [2.75, 3.05) is 13.2 Å². The highest BCUT2D eigenvalue weighted by molar-refractivity contribution is 6.74. The maximum absolute atomic E-state index is 14.3. The normalized spacial score (nSPS) is 17.7. The van der Waals surface area contributed by atoms with Crippen LogP contribution in [0.5, 0.6) is 5.75 Å². The van der Waals surface area contributed by atoms with Gasteiger partial charge in [-0.3, -0.25) is 19.2 Å². The summed E-state index contributed by atoms with van der Waals surface area (Å²) in [6.45, 7) is 9.67. The van der Waals surface area contributed by atoms with Gasteiger partial charge in [0, 0.05) is 37.0 Å². The third-order valence-electron chi connectivity index (χ3n) is 9.00. The van der Waals surface area contributed by atoms with Crippen LogP contribution in [-0.4, -0.2) is 54.6 Å². The molecule has 47 heavy (non-hydrogen) atoms. The zero-order chi connectivity index (χ0) is 34.3. The predicted octanol–water partition coefficient (Wildman–Crippen LogP) is 5.30. The van der Waals surface area contributed by atoms with Crippen molar-refractivity contribution in [3.63, 3.8) is 0 Å². The second-order valence-electron chi connectivity index (χ2n) is 13.1. The Bertz CT molecular complexity index is 1800. The molecule has 2 aromatic carbocycles. The highest BCUT2D eigenvalue weighted by Gasteiger charge is 2.44. The molecule has 0 aliphatic carbocycles. The number of halogens is 3. The number of pyridine rings is 1. The van der Waals surface area contributed by atoms with Gasteiger partial charge in [0.25, 0.3) is 11.8 Å². The van der Waals surface area contributed by atoms with Crippen LogP contribution in [0.3, 0.4) is 0 Å². The number of aromatic nitrogens is 1. The van der Waals surface area contributed by atoms with Crippen LogP contribution in [0.1, 0.15) is 58.8 Å². The lowest BCUT2D eigenvalue weighted by atomic mass is 10.0. The van der Waals surface area contributed by atoms with Crippen molar-refractivity contribution in [2.45, 2.75) is 64.1 Å². The first-order valence-corrected chi connectivity index (χ1v) is 18.0. The van der Waals surface area contributed by atoms with Gasteiger partial charge in [-0.05, 0) is 29.8 Å². The first kappa shape index (κ1) is 33.9. The minimum absolute atomic E-state index is 0.0583. The number of amides is 2. The number of carbonyl (C=O) groups excluding carboxylic acids is 3. The SMILES string of the molecule is CC(C)(C)[Si](C)(C)OC[C@H]1C=CC(=O)[C@H]2CN1C(=O)c1c(OCc3ccccc3)c(=O)c(C(=O)NCc3c(F)cc(F)cc3F)cn12. The smallest absolute Gasteiger partial charge is 0.275 e. The molecule has 0 spiro atoms. The van der Waals surface area contributed by atoms with E-state index in [2.05, 4.69) is 39.2 Å². The summed E-state index contributed by atoms with van der Waals surface area (Å²) in [6.07, 6.45) is 4.08. The molecule has 3 heterocycles. The van der Waals surface area contributed by atoms with Crippen LogP contribution in [0.15, 0.2) is 65.6 Å². The van der Waals surface area contributed by atoms with Gasteiger partial charge in [-0.15, -0.1) is 0 Å². The van der Waals surface area contributed by atoms with Crippen molar-refractivity contribution in [2.24, 2.45) is 0 Å². The number of ketones is 1. The fraction of sp³-hybridized carbons (Fsp3) is 0.353. The third kappa shape index (κ3) is 6.81. The van der Waals surface area contributed by atoms with Crippen molar-refractivity contribution < 1.29 is 36.7 Å². The summed E-state index contributed by atoms with van der Waals surface area (Å²) in [7, 11) is -2.24. The summed E-state index contributed by atoms with van der Waals surface area (Å²) in [5.41, 5.74) is -1.61. The molecule has 2 atom stereocenters. The van der Waals surface area contributed by atoms with Crippen molar-refractivity contribution in [1.82, 2.24) is 14.8 Å². The number of nitrogens with zero attached hydrogens (tertiary/aromatic N) is 2. The highest BCUT2D eigenvalue weighted by atomic mass is 28.4. The summed E-state index contributed by atoms with van der Waals surface area (Å²) in [4.78, 5) is 56.4. The summed E-state index contributed by atoms with van der Waals surface area (Å²) in [6, 6.07) is 8.16. The third-order valence-corrected chi connectivity index (χ3v) is 13.5. The Kier molecular flexibility index (Phi) is 9.33. The van der Waals surface area contributed by atoms with Gasteiger partial charge in [-0.1, -0.05) is 57.2 Å². The largest absolute Gasteiger partial charge is 0.483 e. The average Bonchev–Trinajstić information content (AvgIpc) is 3.14. The quantitative estimate of drug-likeness (QED) is 0.311. The maximum atomic E-state index is 14.3. The van der Waals surface area contributed by atoms with E-state index in [4.69, 9.17) is 9.16 Å². The van der Waals surface area contributed by atoms with Gasteiger partial charge >= 0.3 is 0 Å². The molecule has 1 N–H and O–H groups in total. The monoisotopic (exact) mass is 667 g/mol. The van der Waals surface area contributed by atoms with Crippen LogP contribution in [-0.2, 0) is 22.4 Å². The number of benzene rings is 2. The van der Waals surface area contributed by atoms with Gasteiger partial charge in [-0.25, -0.2) is 13.2 Å². The van der Waals surface area contributed by atoms with Crippen LogP contribution < -0.4 is 15.5 Å². The molecule has 1 aromatic heterocycles. The standard InChI is InChI=1S/C34H36F3N3O6Si/c1-34(2,3)47(4,5)46-19-22-11-12-28(41)27-17-39(22)33(44)29-31(45-18-20-9-7-6-8-10-20)30(42)24(16-40(27)29)32(43)38-15-23-25(36)13-21(35)14-26(23)37/h6-14,16,22,27H,15,17-19H2,1-5H3,(H,38,43)/t22-,27-/m1/s1. The molecule has 3 aromatic rings. The van der Waals surface area contributed by atoms with Crippen LogP contribution >= 0.6 is 0 Å². The number of fused-ring (bicyclic) bond motifs is 4. The molecule has 2 aliphatic heterocycles. The molecule has 5 rings (SSSR count). The van der Waals surface area contributed by atoms with Crippen molar-refractivity contribution >= 4 is 25.9 Å². The van der Waals surface area contributed by atoms with Crippen molar-refractivity contribution in [3.8, 4) is 5.75 Å². The molecule has 0 radical (unpaired) electrons. The Hall–Kier alpha value is -4.49. The highest BCUT2D eigenvalue weighted by Crippen LogP contribution is 2.38. The van der Waals surface area contributed by atoms with Gasteiger partial charge in [0.15, 0.2) is 25.5 Å². The fourth-order valence-corrected chi connectivity index (χ4v) is 6.20. The second kappa shape index (κ2) is 13.0. The topological polar surface area (TPSA) is 107 Å². The minimum atomic E-state index is -2.24. The Labute approximate surface area is 271 Å². The molecular formula is C34H36F3N3O6Si. The summed E-state index contributed by atoms with van der Waals surface area (Å²) < 4.78 is 55.5. The molecule has 2 aliphatic rings. The van der Waals surface area contributed by atoms with Gasteiger partial charge in [0.1, 0.15) is 35.7 Å². The van der Waals surface area contributed by atoms with Gasteiger partial charge < -0.3 is 23.9 Å². The fourth-order valence-electron chi connectivity index (χ4n) is 5.18. The zero-order valence-corrected chi connectivity index (χ0v) is 27.7. The molecule has 2 amide bonds. The lowest BCUT2D eigenvalue weighted by Gasteiger charge is -2.40. The van der Waals surface area contributed by atoms with Gasteiger partial charge in [0.05, 0.1) is 12.6 Å². The van der Waals surface area contributed by atoms with E-state index in [-0.39, 0.29) is 36.3 Å². The van der Waals surface area contributed by atoms with Crippen LogP contribution in [0.2, 0.25) is 18.1 Å². The minimum Gasteiger partial charge on any atom is -0.483 e. The molecule has 0 fully saturated rings. The molecule has 13 heteroatoms. The van der Waals surface area contributed by atoms with E-state index in [1.54, 1.807) is 36.4 Å². The van der Waals surface area contributed by atoms with Gasteiger partial charge in [-0.2, -0.15) is 0 Å². The number of ether oxygens (including phenoxy) is 1. The number of carbonyl (C=O) groups is 3. The lowest BCUT2D eigenvalue weighted by molar-refractivity contribution is -0.118. The number of hydrogen-bond donors (Lipinski definition) is 1. The lowest BCUT2D eigenvalue weighted by Crippen LogP contribution is -2.52. The maximum Gasteiger partial charge on any atom is 0.275 e. The summed E-state index contributed by atoms with van der Waals surface area (Å²) in [5, 5.41) is 2.19. The first-order chi connectivity index (χ1) is 22.1. The number of hydrogen-bond acceptors (Lipinski definition) is 6. The Morgan fingerprint density at radius 2 is 1.70 bits per heavy atom. The molecular weight excluding hydrogens is 631 g/mol. The van der Waals surface area contributed by atoms with E-state index in [0.29, 0.717) is 17.7 Å². The van der Waals surface area contributed by atoms with E-state index >= 15 is 0 Å². The molecule has 0 unspecified atom stereocenters. The summed E-state index contributed by atoms with van der Waals surface area (Å²) >= 11 is 0. The van der Waals surface area contributed by atoms with Crippen molar-refractivity contribution in [3.05, 3.63) is 111 Å². The number of nitrogens with one attached hydrogen (secondary N) is 1. The van der Waals surface area contributed by atoms with E-state index < -0.39 is 78.5 Å². The molecule has 9 nitrogen and oxygen atoms in total. The Balaban J connectivity index is 1.54. The molecule has 0 saturated carbocycles. The van der Waals surface area contributed by atoms with Crippen LogP contribution in [0.4, 0.5) is 13.2 Å². The molecule has 2 bridgehead atoms. The predicted molar refractivity (Wildman–Crippen MR) is 170 cm³/mol. The van der Waals surface area contributed by atoms with E-state index in [1.165, 1.54) is 15.5 Å². The van der Waals surface area contributed by atoms with Crippen molar-refractivity contribution in [1.29, 1.82) is 0 Å². The van der Waals surface area contributed by atoms with Gasteiger partial charge in [0.2, 0.25) is 5.43 Å². The van der Waals surface area contributed by atoms with Crippen LogP contribution in [0, 0.1) is 17.5 Å². The van der Waals surface area contributed by atoms with Crippen LogP contribution in [0.25, 0.3) is 0 Å². The molecule has 248 valence electrons. The molecule has 0 saturated heterocycles. The van der Waals surface area contributed by atoms with E-state index in [1.807, 2.05) is 0 Å². The summed E-state index contributed by atoms with van der Waals surface area (Å²) in [5.74, 6) is -6.01. The zero-order valence-electron chi connectivity index (χ0n) is 26.7. The first-order valence-electron chi connectivity index (χ1n) is 15.1. The Morgan fingerprint density at radius 1 is 1.04 bits per heavy atom. The van der Waals surface area contributed by atoms with E-state index in [0.717, 1.165) is 6.20 Å². The number of allylic oxidation sites excluding steroid dienone is 1. The number of rotatable bonds is 9. The second-order valence-corrected chi connectivity index (χ2v) is 17.9.